The van der Waals surface area contributed by atoms with Crippen molar-refractivity contribution >= 4 is 52.2 Å². The summed E-state index contributed by atoms with van der Waals surface area (Å²) >= 11 is 6.29. The number of rotatable bonds is 15. The first-order chi connectivity index (χ1) is 21.3. The van der Waals surface area contributed by atoms with E-state index in [-0.39, 0.29) is 10.2 Å². The lowest BCUT2D eigenvalue weighted by Gasteiger charge is -2.28. The second-order valence-corrected chi connectivity index (χ2v) is 11.9. The largest absolute Gasteiger partial charge is 0.489 e. The molecule has 1 unspecified atom stereocenters. The molecular weight excluding hydrogens is 597 g/mol. The highest BCUT2D eigenvalue weighted by molar-refractivity contribution is 8.26. The summed E-state index contributed by atoms with van der Waals surface area (Å²) in [7, 11) is 0. The van der Waals surface area contributed by atoms with Gasteiger partial charge in [0.1, 0.15) is 10.9 Å². The Morgan fingerprint density at radius 3 is 2.27 bits per heavy atom. The molecule has 3 aromatic carbocycles. The number of carboxylic acid groups (broad SMARTS) is 1. The maximum absolute atomic E-state index is 13.9. The molecular formula is C34H36N2O6S2. The van der Waals surface area contributed by atoms with Crippen LogP contribution < -0.4 is 9.47 Å². The second kappa shape index (κ2) is 16.1. The Morgan fingerprint density at radius 1 is 0.977 bits per heavy atom. The van der Waals surface area contributed by atoms with E-state index in [0.29, 0.717) is 53.6 Å². The van der Waals surface area contributed by atoms with Crippen LogP contribution in [0.5, 0.6) is 11.5 Å². The van der Waals surface area contributed by atoms with Crippen LogP contribution in [-0.2, 0) is 20.8 Å². The number of nitrogens with zero attached hydrogens (tertiary/aromatic N) is 2. The highest BCUT2D eigenvalue weighted by Crippen LogP contribution is 2.37. The molecule has 44 heavy (non-hydrogen) atoms. The number of thioether (sulfide) groups is 1. The van der Waals surface area contributed by atoms with Gasteiger partial charge in [-0.1, -0.05) is 105 Å². The van der Waals surface area contributed by atoms with Crippen molar-refractivity contribution in [3.63, 3.8) is 0 Å². The lowest BCUT2D eigenvalue weighted by molar-refractivity contribution is -0.140. The molecule has 1 saturated heterocycles. The van der Waals surface area contributed by atoms with Gasteiger partial charge in [-0.2, -0.15) is 0 Å². The molecule has 0 aromatic heterocycles. The van der Waals surface area contributed by atoms with Crippen molar-refractivity contribution in [1.29, 1.82) is 0 Å². The van der Waals surface area contributed by atoms with E-state index in [2.05, 4.69) is 0 Å². The first-order valence-electron chi connectivity index (χ1n) is 14.6. The number of hydrogen-bond donors (Lipinski definition) is 1. The SMILES string of the molecule is CCCN(CCC)C(=O)C(Oc1cc(/C=C2\SC(=S)N(CC(=O)O)C2=O)ccc1OCCc1ccccc1)c1ccccc1. The standard InChI is InChI=1S/C34H36N2O6S2/c1-3-18-35(19-4-2)33(40)31(26-13-9-6-10-14-26)42-28-21-25(22-29-32(39)36(23-30(37)38)34(43)44-29)15-16-27(28)41-20-17-24-11-7-5-8-12-24/h5-16,21-22,31H,3-4,17-20,23H2,1-2H3,(H,37,38)/b29-22-. The van der Waals surface area contributed by atoms with Crippen LogP contribution in [-0.4, -0.2) is 63.3 Å². The third-order valence-corrected chi connectivity index (χ3v) is 8.17. The Morgan fingerprint density at radius 2 is 1.64 bits per heavy atom. The molecule has 0 aliphatic carbocycles. The molecule has 0 bridgehead atoms. The van der Waals surface area contributed by atoms with Crippen molar-refractivity contribution in [2.45, 2.75) is 39.2 Å². The van der Waals surface area contributed by atoms with Crippen LogP contribution >= 0.6 is 24.0 Å². The quantitative estimate of drug-likeness (QED) is 0.153. The number of amides is 2. The number of benzene rings is 3. The smallest absolute Gasteiger partial charge is 0.323 e. The molecule has 1 heterocycles. The number of hydrogen-bond acceptors (Lipinski definition) is 7. The lowest BCUT2D eigenvalue weighted by Crippen LogP contribution is -2.38. The fraction of sp³-hybridized carbons (Fsp3) is 0.294. The minimum Gasteiger partial charge on any atom is -0.489 e. The van der Waals surface area contributed by atoms with Crippen LogP contribution in [0.4, 0.5) is 0 Å². The molecule has 1 N–H and O–H groups in total. The highest BCUT2D eigenvalue weighted by atomic mass is 32.2. The average molecular weight is 633 g/mol. The van der Waals surface area contributed by atoms with Gasteiger partial charge in [0.15, 0.2) is 11.5 Å². The average Bonchev–Trinajstić information content (AvgIpc) is 3.28. The van der Waals surface area contributed by atoms with Crippen LogP contribution in [0, 0.1) is 0 Å². The Labute approximate surface area is 267 Å². The van der Waals surface area contributed by atoms with Gasteiger partial charge in [0.25, 0.3) is 11.8 Å². The maximum Gasteiger partial charge on any atom is 0.323 e. The topological polar surface area (TPSA) is 96.4 Å². The minimum absolute atomic E-state index is 0.143. The van der Waals surface area contributed by atoms with Crippen molar-refractivity contribution in [3.05, 3.63) is 100 Å². The summed E-state index contributed by atoms with van der Waals surface area (Å²) in [5, 5.41) is 9.18. The molecule has 230 valence electrons. The summed E-state index contributed by atoms with van der Waals surface area (Å²) in [4.78, 5) is 41.3. The molecule has 0 spiro atoms. The number of ether oxygens (including phenoxy) is 2. The van der Waals surface area contributed by atoms with E-state index in [1.54, 1.807) is 24.3 Å². The summed E-state index contributed by atoms with van der Waals surface area (Å²) in [6.07, 6.45) is 3.03. The first-order valence-corrected chi connectivity index (χ1v) is 15.8. The van der Waals surface area contributed by atoms with Gasteiger partial charge in [0.2, 0.25) is 6.10 Å². The third-order valence-electron chi connectivity index (χ3n) is 6.79. The van der Waals surface area contributed by atoms with Crippen molar-refractivity contribution in [2.75, 3.05) is 26.2 Å². The summed E-state index contributed by atoms with van der Waals surface area (Å²) in [5.74, 6) is -0.951. The third kappa shape index (κ3) is 8.70. The Kier molecular flexibility index (Phi) is 12.0. The number of carbonyl (C=O) groups is 3. The molecule has 4 rings (SSSR count). The summed E-state index contributed by atoms with van der Waals surface area (Å²) < 4.78 is 12.9. The van der Waals surface area contributed by atoms with Crippen molar-refractivity contribution in [1.82, 2.24) is 9.80 Å². The molecule has 3 aromatic rings. The highest BCUT2D eigenvalue weighted by Gasteiger charge is 2.33. The Bertz CT molecular complexity index is 1490. The molecule has 1 fully saturated rings. The van der Waals surface area contributed by atoms with Gasteiger partial charge in [-0.05, 0) is 42.2 Å². The van der Waals surface area contributed by atoms with Crippen LogP contribution in [0.2, 0.25) is 0 Å². The van der Waals surface area contributed by atoms with Gasteiger partial charge in [-0.25, -0.2) is 0 Å². The fourth-order valence-electron chi connectivity index (χ4n) is 4.73. The zero-order chi connectivity index (χ0) is 31.5. The van der Waals surface area contributed by atoms with Crippen molar-refractivity contribution in [2.24, 2.45) is 0 Å². The van der Waals surface area contributed by atoms with Gasteiger partial charge in [-0.3, -0.25) is 19.3 Å². The second-order valence-electron chi connectivity index (χ2n) is 10.2. The van der Waals surface area contributed by atoms with Crippen LogP contribution in [0.1, 0.15) is 49.5 Å². The zero-order valence-corrected chi connectivity index (χ0v) is 26.4. The van der Waals surface area contributed by atoms with E-state index < -0.39 is 24.5 Å². The van der Waals surface area contributed by atoms with E-state index in [4.69, 9.17) is 21.7 Å². The Balaban J connectivity index is 1.69. The van der Waals surface area contributed by atoms with E-state index in [9.17, 15) is 19.5 Å². The summed E-state index contributed by atoms with van der Waals surface area (Å²) in [5.41, 5.74) is 2.46. The van der Waals surface area contributed by atoms with E-state index in [1.807, 2.05) is 79.4 Å². The zero-order valence-electron chi connectivity index (χ0n) is 24.8. The van der Waals surface area contributed by atoms with E-state index >= 15 is 0 Å². The Hall–Kier alpha value is -4.15. The van der Waals surface area contributed by atoms with Crippen molar-refractivity contribution < 1.29 is 29.0 Å². The number of aliphatic carboxylic acids is 1. The van der Waals surface area contributed by atoms with Crippen LogP contribution in [0.15, 0.2) is 83.8 Å². The number of thiocarbonyl (C=S) groups is 1. The minimum atomic E-state index is -1.15. The first kappa shape index (κ1) is 32.8. The predicted octanol–water partition coefficient (Wildman–Crippen LogP) is 6.36. The van der Waals surface area contributed by atoms with Gasteiger partial charge in [0, 0.05) is 25.1 Å². The number of carbonyl (C=O) groups excluding carboxylic acids is 2. The maximum atomic E-state index is 13.9. The molecule has 8 nitrogen and oxygen atoms in total. The van der Waals surface area contributed by atoms with E-state index in [1.165, 1.54) is 0 Å². The van der Waals surface area contributed by atoms with Crippen LogP contribution in [0.3, 0.4) is 0 Å². The molecule has 10 heteroatoms. The van der Waals surface area contributed by atoms with Gasteiger partial charge >= 0.3 is 5.97 Å². The normalized spacial score (nSPS) is 14.5. The molecule has 2 amide bonds. The van der Waals surface area contributed by atoms with Gasteiger partial charge in [-0.15, -0.1) is 0 Å². The summed E-state index contributed by atoms with van der Waals surface area (Å²) in [6.45, 7) is 5.17. The lowest BCUT2D eigenvalue weighted by atomic mass is 10.1. The molecule has 0 saturated carbocycles. The predicted molar refractivity (Wildman–Crippen MR) is 177 cm³/mol. The molecule has 1 aliphatic rings. The number of carboxylic acids is 1. The van der Waals surface area contributed by atoms with E-state index in [0.717, 1.165) is 35.1 Å². The van der Waals surface area contributed by atoms with Gasteiger partial charge < -0.3 is 19.5 Å². The van der Waals surface area contributed by atoms with Crippen LogP contribution in [0.25, 0.3) is 6.08 Å². The molecule has 1 aliphatic heterocycles. The monoisotopic (exact) mass is 632 g/mol. The molecule has 0 radical (unpaired) electrons. The van der Waals surface area contributed by atoms with Crippen molar-refractivity contribution in [3.8, 4) is 11.5 Å². The molecule has 1 atom stereocenters. The summed E-state index contributed by atoms with van der Waals surface area (Å²) in [6, 6.07) is 24.6. The van der Waals surface area contributed by atoms with Gasteiger partial charge in [0.05, 0.1) is 11.5 Å². The fourth-order valence-corrected chi connectivity index (χ4v) is 5.98.